The van der Waals surface area contributed by atoms with Gasteiger partial charge in [-0.3, -0.25) is 4.90 Å². The highest BCUT2D eigenvalue weighted by Gasteiger charge is 2.32. The van der Waals surface area contributed by atoms with Crippen LogP contribution in [0.4, 0.5) is 4.79 Å². The molecule has 0 unspecified atom stereocenters. The van der Waals surface area contributed by atoms with E-state index < -0.39 is 11.6 Å². The van der Waals surface area contributed by atoms with Crippen molar-refractivity contribution < 1.29 is 9.90 Å². The third-order valence-electron chi connectivity index (χ3n) is 2.72. The predicted octanol–water partition coefficient (Wildman–Crippen LogP) is 4.94. The molecule has 0 saturated heterocycles. The van der Waals surface area contributed by atoms with Gasteiger partial charge in [0.25, 0.3) is 0 Å². The molecule has 1 atom stereocenters. The summed E-state index contributed by atoms with van der Waals surface area (Å²) in [5, 5.41) is 9.98. The molecule has 0 aliphatic rings. The van der Waals surface area contributed by atoms with Gasteiger partial charge in [-0.25, -0.2) is 4.79 Å². The minimum absolute atomic E-state index is 0.282. The molecule has 0 aromatic heterocycles. The zero-order valence-corrected chi connectivity index (χ0v) is 13.2. The first-order chi connectivity index (χ1) is 8.14. The Bertz CT molecular complexity index is 457. The molecule has 1 rings (SSSR count). The third-order valence-corrected chi connectivity index (χ3v) is 3.68. The summed E-state index contributed by atoms with van der Waals surface area (Å²) in [4.78, 5) is 12.9. The molecule has 0 heterocycles. The average molecular weight is 335 g/mol. The van der Waals surface area contributed by atoms with Crippen LogP contribution in [0.5, 0.6) is 0 Å². The van der Waals surface area contributed by atoms with Crippen LogP contribution in [-0.2, 0) is 0 Å². The van der Waals surface area contributed by atoms with Crippen molar-refractivity contribution in [2.24, 2.45) is 0 Å². The third kappa shape index (κ3) is 3.39. The first kappa shape index (κ1) is 15.3. The number of halogens is 2. The molecule has 0 fully saturated rings. The van der Waals surface area contributed by atoms with Gasteiger partial charge in [0, 0.05) is 15.0 Å². The molecule has 100 valence electrons. The standard InChI is InChI=1S/C13H17BrClNO2/c1-8(16(12(17)18)13(2,3)4)10-7-9(15)5-6-11(10)14/h5-8H,1-4H3,(H,17,18)/t8-/m1/s1. The molecule has 3 nitrogen and oxygen atoms in total. The molecule has 1 amide bonds. The van der Waals surface area contributed by atoms with Crippen LogP contribution in [0.3, 0.4) is 0 Å². The van der Waals surface area contributed by atoms with Gasteiger partial charge < -0.3 is 5.11 Å². The molecule has 1 aromatic rings. The molecular weight excluding hydrogens is 318 g/mol. The first-order valence-electron chi connectivity index (χ1n) is 5.62. The van der Waals surface area contributed by atoms with Crippen molar-refractivity contribution in [2.75, 3.05) is 0 Å². The summed E-state index contributed by atoms with van der Waals surface area (Å²) >= 11 is 9.41. The van der Waals surface area contributed by atoms with Gasteiger partial charge in [0.15, 0.2) is 0 Å². The number of carbonyl (C=O) groups is 1. The summed E-state index contributed by atoms with van der Waals surface area (Å²) < 4.78 is 0.856. The van der Waals surface area contributed by atoms with Crippen molar-refractivity contribution in [3.05, 3.63) is 33.3 Å². The van der Waals surface area contributed by atoms with Crippen LogP contribution in [-0.4, -0.2) is 21.6 Å². The monoisotopic (exact) mass is 333 g/mol. The van der Waals surface area contributed by atoms with Gasteiger partial charge in [-0.1, -0.05) is 27.5 Å². The lowest BCUT2D eigenvalue weighted by Crippen LogP contribution is -2.46. The normalized spacial score (nSPS) is 13.2. The Morgan fingerprint density at radius 1 is 1.44 bits per heavy atom. The smallest absolute Gasteiger partial charge is 0.408 e. The van der Waals surface area contributed by atoms with Gasteiger partial charge in [-0.15, -0.1) is 0 Å². The number of amides is 1. The summed E-state index contributed by atoms with van der Waals surface area (Å²) in [7, 11) is 0. The highest BCUT2D eigenvalue weighted by atomic mass is 79.9. The van der Waals surface area contributed by atoms with Gasteiger partial charge in [0.1, 0.15) is 0 Å². The Morgan fingerprint density at radius 2 is 2.00 bits per heavy atom. The summed E-state index contributed by atoms with van der Waals surface area (Å²) in [5.74, 6) is 0. The SMILES string of the molecule is C[C@H](c1cc(Cl)ccc1Br)N(C(=O)O)C(C)(C)C. The molecule has 0 radical (unpaired) electrons. The minimum atomic E-state index is -0.943. The van der Waals surface area contributed by atoms with Crippen LogP contribution in [0.1, 0.15) is 39.3 Å². The fourth-order valence-corrected chi connectivity index (χ4v) is 2.77. The van der Waals surface area contributed by atoms with Crippen molar-refractivity contribution >= 4 is 33.6 Å². The van der Waals surface area contributed by atoms with E-state index >= 15 is 0 Å². The molecule has 18 heavy (non-hydrogen) atoms. The first-order valence-corrected chi connectivity index (χ1v) is 6.79. The Balaban J connectivity index is 3.22. The van der Waals surface area contributed by atoms with E-state index in [1.54, 1.807) is 12.1 Å². The van der Waals surface area contributed by atoms with E-state index in [1.165, 1.54) is 4.90 Å². The van der Waals surface area contributed by atoms with E-state index in [4.69, 9.17) is 11.6 Å². The second-order valence-corrected chi connectivity index (χ2v) is 6.46. The van der Waals surface area contributed by atoms with E-state index in [0.29, 0.717) is 5.02 Å². The lowest BCUT2D eigenvalue weighted by molar-refractivity contribution is 0.0751. The Labute approximate surface area is 121 Å². The quantitative estimate of drug-likeness (QED) is 0.832. The van der Waals surface area contributed by atoms with Gasteiger partial charge in [-0.2, -0.15) is 0 Å². The lowest BCUT2D eigenvalue weighted by Gasteiger charge is -2.38. The van der Waals surface area contributed by atoms with E-state index in [0.717, 1.165) is 10.0 Å². The molecule has 0 bridgehead atoms. The topological polar surface area (TPSA) is 40.5 Å². The van der Waals surface area contributed by atoms with Crippen LogP contribution in [0, 0.1) is 0 Å². The second-order valence-electron chi connectivity index (χ2n) is 5.17. The van der Waals surface area contributed by atoms with Crippen LogP contribution < -0.4 is 0 Å². The molecular formula is C13H17BrClNO2. The summed E-state index contributed by atoms with van der Waals surface area (Å²) in [5.41, 5.74) is 0.382. The number of carboxylic acid groups (broad SMARTS) is 1. The molecule has 0 aliphatic carbocycles. The van der Waals surface area contributed by atoms with Crippen LogP contribution >= 0.6 is 27.5 Å². The van der Waals surface area contributed by atoms with E-state index in [2.05, 4.69) is 15.9 Å². The number of hydrogen-bond acceptors (Lipinski definition) is 1. The lowest BCUT2D eigenvalue weighted by atomic mass is 10.00. The predicted molar refractivity (Wildman–Crippen MR) is 77.2 cm³/mol. The van der Waals surface area contributed by atoms with Crippen molar-refractivity contribution in [1.82, 2.24) is 4.90 Å². The van der Waals surface area contributed by atoms with Gasteiger partial charge in [-0.05, 0) is 51.5 Å². The van der Waals surface area contributed by atoms with Crippen molar-refractivity contribution in [3.8, 4) is 0 Å². The Morgan fingerprint density at radius 3 is 2.44 bits per heavy atom. The van der Waals surface area contributed by atoms with E-state index in [9.17, 15) is 9.90 Å². The maximum atomic E-state index is 11.4. The maximum absolute atomic E-state index is 11.4. The summed E-state index contributed by atoms with van der Waals surface area (Å²) in [6.45, 7) is 7.47. The maximum Gasteiger partial charge on any atom is 0.408 e. The van der Waals surface area contributed by atoms with E-state index in [-0.39, 0.29) is 6.04 Å². The number of benzene rings is 1. The van der Waals surface area contributed by atoms with E-state index in [1.807, 2.05) is 33.8 Å². The van der Waals surface area contributed by atoms with Crippen LogP contribution in [0.25, 0.3) is 0 Å². The Kier molecular flexibility index (Phi) is 4.67. The minimum Gasteiger partial charge on any atom is -0.465 e. The molecule has 0 spiro atoms. The average Bonchev–Trinajstić information content (AvgIpc) is 2.18. The largest absolute Gasteiger partial charge is 0.465 e. The summed E-state index contributed by atoms with van der Waals surface area (Å²) in [6.07, 6.45) is -0.943. The van der Waals surface area contributed by atoms with Crippen LogP contribution in [0.2, 0.25) is 5.02 Å². The van der Waals surface area contributed by atoms with Crippen molar-refractivity contribution in [2.45, 2.75) is 39.3 Å². The molecule has 0 saturated carbocycles. The zero-order chi connectivity index (χ0) is 14.1. The second kappa shape index (κ2) is 5.49. The molecule has 1 N–H and O–H groups in total. The summed E-state index contributed by atoms with van der Waals surface area (Å²) in [6, 6.07) is 5.11. The zero-order valence-electron chi connectivity index (χ0n) is 10.9. The molecule has 5 heteroatoms. The van der Waals surface area contributed by atoms with Crippen molar-refractivity contribution in [3.63, 3.8) is 0 Å². The highest BCUT2D eigenvalue weighted by molar-refractivity contribution is 9.10. The molecule has 1 aromatic carbocycles. The molecule has 0 aliphatic heterocycles. The van der Waals surface area contributed by atoms with Crippen molar-refractivity contribution in [1.29, 1.82) is 0 Å². The fraction of sp³-hybridized carbons (Fsp3) is 0.462. The van der Waals surface area contributed by atoms with Crippen LogP contribution in [0.15, 0.2) is 22.7 Å². The Hall–Kier alpha value is -0.740. The highest BCUT2D eigenvalue weighted by Crippen LogP contribution is 2.33. The van der Waals surface area contributed by atoms with Gasteiger partial charge in [0.05, 0.1) is 6.04 Å². The number of rotatable bonds is 2. The number of nitrogens with zero attached hydrogens (tertiary/aromatic N) is 1. The number of hydrogen-bond donors (Lipinski definition) is 1. The van der Waals surface area contributed by atoms with Gasteiger partial charge in [0.2, 0.25) is 0 Å². The fourth-order valence-electron chi connectivity index (χ4n) is 2.01. The van der Waals surface area contributed by atoms with Gasteiger partial charge >= 0.3 is 6.09 Å².